The number of nitrogens with one attached hydrogen (secondary N) is 2. The second-order valence-electron chi connectivity index (χ2n) is 11.4. The van der Waals surface area contributed by atoms with Crippen molar-refractivity contribution >= 4 is 5.91 Å². The number of aliphatic hydroxyl groups excluding tert-OH is 6. The third-order valence-corrected chi connectivity index (χ3v) is 8.25. The Morgan fingerprint density at radius 1 is 0.930 bits per heavy atom. The summed E-state index contributed by atoms with van der Waals surface area (Å²) in [5, 5.41) is 68.0. The van der Waals surface area contributed by atoms with E-state index < -0.39 is 98.6 Å². The van der Waals surface area contributed by atoms with Crippen molar-refractivity contribution in [2.24, 2.45) is 28.7 Å². The van der Waals surface area contributed by atoms with Crippen molar-refractivity contribution < 1.29 is 54.4 Å². The van der Waals surface area contributed by atoms with Crippen molar-refractivity contribution in [3.05, 3.63) is 0 Å². The van der Waals surface area contributed by atoms with Gasteiger partial charge in [0.05, 0.1) is 30.8 Å². The molecule has 2 unspecified atom stereocenters. The van der Waals surface area contributed by atoms with Gasteiger partial charge in [-0.05, 0) is 38.8 Å². The lowest BCUT2D eigenvalue weighted by Crippen LogP contribution is -2.69. The fourth-order valence-electron chi connectivity index (χ4n) is 5.59. The molecule has 3 rings (SSSR count). The van der Waals surface area contributed by atoms with Crippen LogP contribution < -0.4 is 39.3 Å². The van der Waals surface area contributed by atoms with E-state index in [1.807, 2.05) is 0 Å². The van der Waals surface area contributed by atoms with E-state index in [0.29, 0.717) is 32.4 Å². The zero-order valence-electron chi connectivity index (χ0n) is 24.1. The Bertz CT molecular complexity index is 849. The topological polar surface area (TPSA) is 330 Å². The Morgan fingerprint density at radius 2 is 1.63 bits per heavy atom. The van der Waals surface area contributed by atoms with E-state index in [0.717, 1.165) is 0 Å². The maximum atomic E-state index is 12.8. The van der Waals surface area contributed by atoms with E-state index in [4.69, 9.17) is 47.6 Å². The highest BCUT2D eigenvalue weighted by Crippen LogP contribution is 2.32. The molecule has 1 saturated carbocycles. The van der Waals surface area contributed by atoms with E-state index >= 15 is 0 Å². The van der Waals surface area contributed by atoms with Crippen molar-refractivity contribution in [2.75, 3.05) is 32.8 Å². The first-order valence-electron chi connectivity index (χ1n) is 14.7. The Hall–Kier alpha value is -1.17. The first kappa shape index (κ1) is 36.3. The van der Waals surface area contributed by atoms with Crippen LogP contribution in [0.3, 0.4) is 0 Å². The normalized spacial score (nSPS) is 41.9. The standard InChI is InChI=1S/C25H51N7O11/c26-4-1-5-31-12-3-2-10(7-27)40-24(12)42-21-11(29)6-13(32-23(39)17(35)14(34)8-28)22(20(21)38)43-25-19(37)16(30)18(36)15(9-33)41-25/h10-22,24-25,31,33-38H,1-9,26-30H2,(H,32,39)/t10-,11-,12+,13+,14?,15+,16-,17?,18+,19+,20-,21+,22-,24+,25+/m0/s1. The summed E-state index contributed by atoms with van der Waals surface area (Å²) in [5.74, 6) is -1.01. The molecule has 3 aliphatic rings. The Morgan fingerprint density at radius 3 is 2.26 bits per heavy atom. The van der Waals surface area contributed by atoms with Crippen molar-refractivity contribution in [1.82, 2.24) is 10.6 Å². The summed E-state index contributed by atoms with van der Waals surface area (Å²) >= 11 is 0. The predicted octanol–water partition coefficient (Wildman–Crippen LogP) is -7.45. The van der Waals surface area contributed by atoms with Gasteiger partial charge in [-0.3, -0.25) is 4.79 Å². The second kappa shape index (κ2) is 16.9. The van der Waals surface area contributed by atoms with Crippen LogP contribution in [0.25, 0.3) is 0 Å². The van der Waals surface area contributed by atoms with Crippen LogP contribution in [0.4, 0.5) is 0 Å². The van der Waals surface area contributed by atoms with Crippen LogP contribution in [-0.2, 0) is 23.7 Å². The summed E-state index contributed by atoms with van der Waals surface area (Å²) in [6, 6.07) is -3.53. The molecule has 2 aliphatic heterocycles. The number of nitrogens with two attached hydrogens (primary N) is 5. The molecule has 252 valence electrons. The Kier molecular flexibility index (Phi) is 14.3. The molecular formula is C25H51N7O11. The lowest BCUT2D eigenvalue weighted by Gasteiger charge is -2.48. The molecule has 2 heterocycles. The highest BCUT2D eigenvalue weighted by atomic mass is 16.7. The summed E-state index contributed by atoms with van der Waals surface area (Å²) in [6.07, 6.45) is -12.4. The Labute approximate surface area is 250 Å². The highest BCUT2D eigenvalue weighted by Gasteiger charge is 2.51. The van der Waals surface area contributed by atoms with Crippen LogP contribution in [0, 0.1) is 0 Å². The van der Waals surface area contributed by atoms with Crippen molar-refractivity contribution in [3.63, 3.8) is 0 Å². The molecule has 0 aromatic heterocycles. The van der Waals surface area contributed by atoms with E-state index in [-0.39, 0.29) is 25.1 Å². The van der Waals surface area contributed by atoms with E-state index in [1.165, 1.54) is 0 Å². The smallest absolute Gasteiger partial charge is 0.251 e. The SMILES string of the molecule is NCCCN[C@@H]1CC[C@@H](CN)O[C@@H]1O[C@H]1[C@H](O)[C@@H](O[C@H]2O[C@H](CO)[C@@H](O)[C@H](N)[C@H]2O)[C@H](NC(=O)C(O)C(O)CN)C[C@@H]1N. The number of carbonyl (C=O) groups excluding carboxylic acids is 1. The molecule has 2 saturated heterocycles. The molecular weight excluding hydrogens is 574 g/mol. The molecule has 1 aliphatic carbocycles. The maximum absolute atomic E-state index is 12.8. The summed E-state index contributed by atoms with van der Waals surface area (Å²) in [7, 11) is 0. The number of hydrogen-bond acceptors (Lipinski definition) is 17. The predicted molar refractivity (Wildman–Crippen MR) is 149 cm³/mol. The second-order valence-corrected chi connectivity index (χ2v) is 11.4. The Balaban J connectivity index is 1.85. The summed E-state index contributed by atoms with van der Waals surface area (Å²) < 4.78 is 23.8. The van der Waals surface area contributed by atoms with Crippen LogP contribution in [0.1, 0.15) is 25.7 Å². The van der Waals surface area contributed by atoms with Crippen molar-refractivity contribution in [1.29, 1.82) is 0 Å². The summed E-state index contributed by atoms with van der Waals surface area (Å²) in [4.78, 5) is 12.8. The molecule has 1 amide bonds. The summed E-state index contributed by atoms with van der Waals surface area (Å²) in [6.45, 7) is 0.297. The first-order chi connectivity index (χ1) is 20.5. The van der Waals surface area contributed by atoms with Crippen LogP contribution in [0.5, 0.6) is 0 Å². The molecule has 43 heavy (non-hydrogen) atoms. The van der Waals surface area contributed by atoms with Gasteiger partial charge in [-0.1, -0.05) is 0 Å². The molecule has 0 radical (unpaired) electrons. The van der Waals surface area contributed by atoms with E-state index in [2.05, 4.69) is 10.6 Å². The summed E-state index contributed by atoms with van der Waals surface area (Å²) in [5.41, 5.74) is 29.2. The molecule has 18 heteroatoms. The molecule has 0 bridgehead atoms. The average molecular weight is 626 g/mol. The lowest BCUT2D eigenvalue weighted by atomic mass is 9.83. The van der Waals surface area contributed by atoms with Gasteiger partial charge in [-0.2, -0.15) is 0 Å². The minimum absolute atomic E-state index is 0.0528. The largest absolute Gasteiger partial charge is 0.394 e. The fraction of sp³-hybridized carbons (Fsp3) is 0.960. The molecule has 15 atom stereocenters. The van der Waals surface area contributed by atoms with Gasteiger partial charge in [-0.15, -0.1) is 0 Å². The number of hydrogen-bond donors (Lipinski definition) is 13. The maximum Gasteiger partial charge on any atom is 0.251 e. The number of ether oxygens (including phenoxy) is 4. The highest BCUT2D eigenvalue weighted by molar-refractivity contribution is 5.81. The van der Waals surface area contributed by atoms with Gasteiger partial charge in [0.15, 0.2) is 18.7 Å². The number of amides is 1. The minimum atomic E-state index is -1.89. The van der Waals surface area contributed by atoms with Crippen LogP contribution in [-0.4, -0.2) is 161 Å². The average Bonchev–Trinajstić information content (AvgIpc) is 3.00. The zero-order valence-corrected chi connectivity index (χ0v) is 24.1. The fourth-order valence-corrected chi connectivity index (χ4v) is 5.59. The minimum Gasteiger partial charge on any atom is -0.394 e. The molecule has 18 N–H and O–H groups in total. The number of rotatable bonds is 14. The number of aliphatic hydroxyl groups is 6. The van der Waals surface area contributed by atoms with Crippen LogP contribution in [0.2, 0.25) is 0 Å². The molecule has 0 spiro atoms. The van der Waals surface area contributed by atoms with Gasteiger partial charge in [0.2, 0.25) is 0 Å². The van der Waals surface area contributed by atoms with Gasteiger partial charge in [-0.25, -0.2) is 0 Å². The number of carbonyl (C=O) groups is 1. The quantitative estimate of drug-likeness (QED) is 0.0797. The van der Waals surface area contributed by atoms with Crippen LogP contribution in [0.15, 0.2) is 0 Å². The molecule has 18 nitrogen and oxygen atoms in total. The third kappa shape index (κ3) is 8.97. The van der Waals surface area contributed by atoms with Gasteiger partial charge in [0, 0.05) is 19.1 Å². The van der Waals surface area contributed by atoms with Crippen molar-refractivity contribution in [2.45, 2.75) is 117 Å². The monoisotopic (exact) mass is 625 g/mol. The van der Waals surface area contributed by atoms with Gasteiger partial charge in [0.1, 0.15) is 42.7 Å². The van der Waals surface area contributed by atoms with Gasteiger partial charge in [0.25, 0.3) is 5.91 Å². The van der Waals surface area contributed by atoms with Gasteiger partial charge < -0.3 is 88.9 Å². The zero-order chi connectivity index (χ0) is 31.8. The lowest BCUT2D eigenvalue weighted by molar-refractivity contribution is -0.314. The van der Waals surface area contributed by atoms with E-state index in [1.54, 1.807) is 0 Å². The van der Waals surface area contributed by atoms with E-state index in [9.17, 15) is 35.4 Å². The molecule has 0 aromatic carbocycles. The molecule has 3 fully saturated rings. The van der Waals surface area contributed by atoms with Crippen LogP contribution >= 0.6 is 0 Å². The van der Waals surface area contributed by atoms with Gasteiger partial charge >= 0.3 is 0 Å². The third-order valence-electron chi connectivity index (χ3n) is 8.25. The first-order valence-corrected chi connectivity index (χ1v) is 14.7. The van der Waals surface area contributed by atoms with Crippen molar-refractivity contribution in [3.8, 4) is 0 Å². The molecule has 0 aromatic rings.